The van der Waals surface area contributed by atoms with Crippen molar-refractivity contribution in [1.29, 1.82) is 0 Å². The Balaban J connectivity index is 1.85. The van der Waals surface area contributed by atoms with Crippen LogP contribution >= 0.6 is 11.3 Å². The predicted molar refractivity (Wildman–Crippen MR) is 94.1 cm³/mol. The van der Waals surface area contributed by atoms with Crippen molar-refractivity contribution in [1.82, 2.24) is 9.97 Å². The highest BCUT2D eigenvalue weighted by atomic mass is 32.1. The number of aryl methyl sites for hydroxylation is 1. The van der Waals surface area contributed by atoms with Crippen molar-refractivity contribution in [2.24, 2.45) is 0 Å². The Morgan fingerprint density at radius 1 is 1.09 bits per heavy atom. The first kappa shape index (κ1) is 14.5. The molecule has 0 fully saturated rings. The molecule has 112 valence electrons. The second kappa shape index (κ2) is 6.15. The van der Waals surface area contributed by atoms with Gasteiger partial charge in [0.1, 0.15) is 0 Å². The molecule has 4 nitrogen and oxygen atoms in total. The quantitative estimate of drug-likeness (QED) is 0.779. The molecule has 0 saturated heterocycles. The van der Waals surface area contributed by atoms with Crippen LogP contribution in [0.2, 0.25) is 0 Å². The van der Waals surface area contributed by atoms with Crippen molar-refractivity contribution in [3.8, 4) is 10.6 Å². The lowest BCUT2D eigenvalue weighted by atomic mass is 10.2. The number of benzene rings is 1. The summed E-state index contributed by atoms with van der Waals surface area (Å²) in [6.45, 7) is 2.10. The number of hydrogen-bond acceptors (Lipinski definition) is 5. The van der Waals surface area contributed by atoms with Gasteiger partial charge in [0, 0.05) is 36.5 Å². The van der Waals surface area contributed by atoms with Gasteiger partial charge < -0.3 is 10.2 Å². The first-order chi connectivity index (χ1) is 10.6. The van der Waals surface area contributed by atoms with E-state index in [1.54, 1.807) is 17.5 Å². The van der Waals surface area contributed by atoms with Crippen LogP contribution in [0.3, 0.4) is 0 Å². The molecule has 0 atom stereocenters. The molecule has 2 aromatic heterocycles. The molecule has 0 unspecified atom stereocenters. The van der Waals surface area contributed by atoms with E-state index in [9.17, 15) is 0 Å². The minimum absolute atomic E-state index is 0.611. The highest BCUT2D eigenvalue weighted by Gasteiger charge is 2.05. The highest BCUT2D eigenvalue weighted by molar-refractivity contribution is 7.15. The van der Waals surface area contributed by atoms with E-state index in [2.05, 4.69) is 51.4 Å². The largest absolute Gasteiger partial charge is 0.378 e. The van der Waals surface area contributed by atoms with Crippen LogP contribution in [-0.4, -0.2) is 24.1 Å². The summed E-state index contributed by atoms with van der Waals surface area (Å²) in [4.78, 5) is 13.4. The van der Waals surface area contributed by atoms with Gasteiger partial charge in [-0.05, 0) is 43.3 Å². The molecule has 0 amide bonds. The zero-order chi connectivity index (χ0) is 15.5. The Bertz CT molecular complexity index is 780. The van der Waals surface area contributed by atoms with Gasteiger partial charge in [0.25, 0.3) is 0 Å². The molecule has 0 radical (unpaired) electrons. The van der Waals surface area contributed by atoms with Gasteiger partial charge in [0.05, 0.1) is 10.6 Å². The fourth-order valence-electron chi connectivity index (χ4n) is 2.12. The van der Waals surface area contributed by atoms with Gasteiger partial charge in [-0.25, -0.2) is 9.97 Å². The van der Waals surface area contributed by atoms with Crippen LogP contribution in [0.5, 0.6) is 0 Å². The van der Waals surface area contributed by atoms with E-state index in [1.807, 2.05) is 32.3 Å². The van der Waals surface area contributed by atoms with Crippen LogP contribution in [-0.2, 0) is 0 Å². The average Bonchev–Trinajstić information content (AvgIpc) is 2.94. The third-order valence-electron chi connectivity index (χ3n) is 3.27. The normalized spacial score (nSPS) is 10.5. The minimum Gasteiger partial charge on any atom is -0.378 e. The molecule has 0 bridgehead atoms. The first-order valence-corrected chi connectivity index (χ1v) is 7.88. The maximum absolute atomic E-state index is 4.60. The second-order valence-corrected chi connectivity index (χ2v) is 6.53. The molecular weight excluding hydrogens is 292 g/mol. The Kier molecular flexibility index (Phi) is 4.06. The number of anilines is 3. The molecule has 0 aliphatic heterocycles. The van der Waals surface area contributed by atoms with Crippen molar-refractivity contribution in [2.75, 3.05) is 24.3 Å². The van der Waals surface area contributed by atoms with E-state index in [0.717, 1.165) is 21.9 Å². The lowest BCUT2D eigenvalue weighted by molar-refractivity contribution is 1.13. The van der Waals surface area contributed by atoms with E-state index in [-0.39, 0.29) is 0 Å². The smallest absolute Gasteiger partial charge is 0.227 e. The maximum atomic E-state index is 4.60. The summed E-state index contributed by atoms with van der Waals surface area (Å²) < 4.78 is 0. The Morgan fingerprint density at radius 2 is 1.95 bits per heavy atom. The van der Waals surface area contributed by atoms with E-state index in [0.29, 0.717) is 5.95 Å². The molecule has 3 rings (SSSR count). The van der Waals surface area contributed by atoms with Gasteiger partial charge in [0.2, 0.25) is 5.95 Å². The van der Waals surface area contributed by atoms with Crippen LogP contribution in [0, 0.1) is 6.92 Å². The average molecular weight is 310 g/mol. The summed E-state index contributed by atoms with van der Waals surface area (Å²) >= 11 is 1.74. The Hall–Kier alpha value is -2.40. The molecule has 22 heavy (non-hydrogen) atoms. The van der Waals surface area contributed by atoms with Gasteiger partial charge in [0.15, 0.2) is 0 Å². The van der Waals surface area contributed by atoms with Crippen LogP contribution in [0.4, 0.5) is 17.3 Å². The second-order valence-electron chi connectivity index (χ2n) is 5.25. The molecule has 0 saturated carbocycles. The van der Waals surface area contributed by atoms with Gasteiger partial charge >= 0.3 is 0 Å². The number of aromatic nitrogens is 2. The topological polar surface area (TPSA) is 41.1 Å². The summed E-state index contributed by atoms with van der Waals surface area (Å²) in [7, 11) is 4.05. The first-order valence-electron chi connectivity index (χ1n) is 7.06. The fraction of sp³-hybridized carbons (Fsp3) is 0.176. The van der Waals surface area contributed by atoms with Crippen LogP contribution < -0.4 is 10.2 Å². The lowest BCUT2D eigenvalue weighted by Crippen LogP contribution is -2.08. The van der Waals surface area contributed by atoms with Crippen molar-refractivity contribution < 1.29 is 0 Å². The van der Waals surface area contributed by atoms with Gasteiger partial charge in [-0.2, -0.15) is 0 Å². The zero-order valence-corrected chi connectivity index (χ0v) is 13.7. The molecule has 2 heterocycles. The third-order valence-corrected chi connectivity index (χ3v) is 4.29. The van der Waals surface area contributed by atoms with Crippen molar-refractivity contribution in [2.45, 2.75) is 6.92 Å². The van der Waals surface area contributed by atoms with Crippen LogP contribution in [0.15, 0.2) is 48.7 Å². The van der Waals surface area contributed by atoms with Crippen molar-refractivity contribution in [3.05, 3.63) is 53.5 Å². The molecule has 0 aliphatic rings. The predicted octanol–water partition coefficient (Wildman–Crippen LogP) is 4.32. The SMILES string of the molecule is Cc1ccc(-c2ccnc(Nc3cccc(N(C)C)c3)n2)s1. The maximum Gasteiger partial charge on any atom is 0.227 e. The molecule has 1 N–H and O–H groups in total. The third kappa shape index (κ3) is 3.26. The van der Waals surface area contributed by atoms with E-state index in [4.69, 9.17) is 0 Å². The van der Waals surface area contributed by atoms with Gasteiger partial charge in [-0.1, -0.05) is 6.07 Å². The van der Waals surface area contributed by atoms with Gasteiger partial charge in [-0.15, -0.1) is 11.3 Å². The Labute approximate surface area is 134 Å². The van der Waals surface area contributed by atoms with Crippen LogP contribution in [0.25, 0.3) is 10.6 Å². The number of hydrogen-bond donors (Lipinski definition) is 1. The van der Waals surface area contributed by atoms with E-state index < -0.39 is 0 Å². The number of nitrogens with one attached hydrogen (secondary N) is 1. The number of nitrogens with zero attached hydrogens (tertiary/aromatic N) is 3. The van der Waals surface area contributed by atoms with Crippen LogP contribution in [0.1, 0.15) is 4.88 Å². The Morgan fingerprint density at radius 3 is 2.68 bits per heavy atom. The number of rotatable bonds is 4. The van der Waals surface area contributed by atoms with Crippen molar-refractivity contribution >= 4 is 28.7 Å². The van der Waals surface area contributed by atoms with Crippen molar-refractivity contribution in [3.63, 3.8) is 0 Å². The monoisotopic (exact) mass is 310 g/mol. The molecule has 3 aromatic rings. The highest BCUT2D eigenvalue weighted by Crippen LogP contribution is 2.27. The minimum atomic E-state index is 0.611. The molecular formula is C17H18N4S. The molecule has 1 aromatic carbocycles. The molecule has 0 spiro atoms. The zero-order valence-electron chi connectivity index (χ0n) is 12.9. The van der Waals surface area contributed by atoms with E-state index >= 15 is 0 Å². The van der Waals surface area contributed by atoms with Gasteiger partial charge in [-0.3, -0.25) is 0 Å². The molecule has 0 aliphatic carbocycles. The fourth-order valence-corrected chi connectivity index (χ4v) is 2.96. The molecule has 5 heteroatoms. The summed E-state index contributed by atoms with van der Waals surface area (Å²) in [5, 5.41) is 3.27. The summed E-state index contributed by atoms with van der Waals surface area (Å²) in [5.41, 5.74) is 3.06. The lowest BCUT2D eigenvalue weighted by Gasteiger charge is -2.14. The summed E-state index contributed by atoms with van der Waals surface area (Å²) in [6.07, 6.45) is 1.79. The summed E-state index contributed by atoms with van der Waals surface area (Å²) in [5.74, 6) is 0.611. The number of thiophene rings is 1. The standard InChI is InChI=1S/C17H18N4S/c1-12-7-8-16(22-12)15-9-10-18-17(20-15)19-13-5-4-6-14(11-13)21(2)3/h4-11H,1-3H3,(H,18,19,20). The van der Waals surface area contributed by atoms with E-state index in [1.165, 1.54) is 4.88 Å². The summed E-state index contributed by atoms with van der Waals surface area (Å²) in [6, 6.07) is 14.3.